The SMILES string of the molecule is CN(C[C@@H]1OCCN(C)[C@H]1c1ccccc1)C(=O)C1CCn2ccnc2C1. The van der Waals surface area contributed by atoms with Crippen LogP contribution in [0.3, 0.4) is 0 Å². The molecule has 27 heavy (non-hydrogen) atoms. The number of hydrogen-bond donors (Lipinski definition) is 0. The summed E-state index contributed by atoms with van der Waals surface area (Å²) in [6, 6.07) is 10.6. The molecule has 2 aliphatic heterocycles. The van der Waals surface area contributed by atoms with Crippen molar-refractivity contribution in [2.45, 2.75) is 31.5 Å². The minimum Gasteiger partial charge on any atom is -0.373 e. The van der Waals surface area contributed by atoms with Crippen molar-refractivity contribution in [1.29, 1.82) is 0 Å². The van der Waals surface area contributed by atoms with Crippen molar-refractivity contribution in [1.82, 2.24) is 19.4 Å². The van der Waals surface area contributed by atoms with Crippen molar-refractivity contribution in [3.05, 3.63) is 54.1 Å². The normalized spacial score (nSPS) is 25.8. The number of aryl methyl sites for hydroxylation is 1. The number of morpholine rings is 1. The van der Waals surface area contributed by atoms with Crippen molar-refractivity contribution < 1.29 is 9.53 Å². The van der Waals surface area contributed by atoms with E-state index in [1.54, 1.807) is 0 Å². The number of rotatable bonds is 4. The number of carbonyl (C=O) groups excluding carboxylic acids is 1. The van der Waals surface area contributed by atoms with E-state index in [1.807, 2.05) is 30.4 Å². The molecular weight excluding hydrogens is 340 g/mol. The van der Waals surface area contributed by atoms with Gasteiger partial charge in [-0.25, -0.2) is 4.98 Å². The summed E-state index contributed by atoms with van der Waals surface area (Å²) in [4.78, 5) is 21.6. The maximum atomic E-state index is 13.0. The van der Waals surface area contributed by atoms with E-state index in [-0.39, 0.29) is 24.0 Å². The van der Waals surface area contributed by atoms with Crippen LogP contribution in [0.1, 0.15) is 23.9 Å². The largest absolute Gasteiger partial charge is 0.373 e. The lowest BCUT2D eigenvalue weighted by Crippen LogP contribution is -2.49. The highest BCUT2D eigenvalue weighted by molar-refractivity contribution is 5.79. The molecule has 1 fully saturated rings. The quantitative estimate of drug-likeness (QED) is 0.828. The number of benzene rings is 1. The van der Waals surface area contributed by atoms with E-state index in [2.05, 4.69) is 45.8 Å². The van der Waals surface area contributed by atoms with Gasteiger partial charge in [-0.15, -0.1) is 0 Å². The average Bonchev–Trinajstić information content (AvgIpc) is 3.16. The number of carbonyl (C=O) groups is 1. The lowest BCUT2D eigenvalue weighted by atomic mass is 9.95. The third-order valence-corrected chi connectivity index (χ3v) is 5.87. The Morgan fingerprint density at radius 1 is 1.30 bits per heavy atom. The van der Waals surface area contributed by atoms with Gasteiger partial charge in [-0.1, -0.05) is 30.3 Å². The predicted octanol–water partition coefficient (Wildman–Crippen LogP) is 1.98. The number of imidazole rings is 1. The highest BCUT2D eigenvalue weighted by atomic mass is 16.5. The monoisotopic (exact) mass is 368 g/mol. The summed E-state index contributed by atoms with van der Waals surface area (Å²) in [5.41, 5.74) is 1.24. The van der Waals surface area contributed by atoms with E-state index in [0.29, 0.717) is 13.2 Å². The van der Waals surface area contributed by atoms with Gasteiger partial charge in [0.25, 0.3) is 0 Å². The number of nitrogens with zero attached hydrogens (tertiary/aromatic N) is 4. The zero-order valence-electron chi connectivity index (χ0n) is 16.1. The van der Waals surface area contributed by atoms with Gasteiger partial charge in [-0.2, -0.15) is 0 Å². The van der Waals surface area contributed by atoms with Gasteiger partial charge in [0.1, 0.15) is 5.82 Å². The molecule has 0 bridgehead atoms. The van der Waals surface area contributed by atoms with Gasteiger partial charge in [0.2, 0.25) is 5.91 Å². The standard InChI is InChI=1S/C21H28N4O2/c1-23-12-13-27-18(20(23)16-6-4-3-5-7-16)15-24(2)21(26)17-8-10-25-11-9-22-19(25)14-17/h3-7,9,11,17-18,20H,8,10,12-15H2,1-2H3/t17?,18-,20-/m0/s1. The summed E-state index contributed by atoms with van der Waals surface area (Å²) in [5.74, 6) is 1.23. The van der Waals surface area contributed by atoms with Gasteiger partial charge in [0, 0.05) is 51.4 Å². The molecule has 3 heterocycles. The molecule has 6 nitrogen and oxygen atoms in total. The van der Waals surface area contributed by atoms with E-state index in [1.165, 1.54) is 5.56 Å². The van der Waals surface area contributed by atoms with Gasteiger partial charge in [-0.3, -0.25) is 9.69 Å². The average molecular weight is 368 g/mol. The number of ether oxygens (including phenoxy) is 1. The van der Waals surface area contributed by atoms with Crippen LogP contribution in [-0.4, -0.2) is 65.2 Å². The fraction of sp³-hybridized carbons (Fsp3) is 0.524. The smallest absolute Gasteiger partial charge is 0.226 e. The van der Waals surface area contributed by atoms with Gasteiger partial charge >= 0.3 is 0 Å². The van der Waals surface area contributed by atoms with Crippen molar-refractivity contribution in [2.75, 3.05) is 33.8 Å². The molecule has 144 valence electrons. The van der Waals surface area contributed by atoms with Crippen molar-refractivity contribution >= 4 is 5.91 Å². The van der Waals surface area contributed by atoms with Crippen LogP contribution in [0.25, 0.3) is 0 Å². The predicted molar refractivity (Wildman–Crippen MR) is 103 cm³/mol. The van der Waals surface area contributed by atoms with Crippen LogP contribution in [0.5, 0.6) is 0 Å². The Kier molecular flexibility index (Phi) is 5.27. The fourth-order valence-corrected chi connectivity index (χ4v) is 4.37. The lowest BCUT2D eigenvalue weighted by Gasteiger charge is -2.41. The molecule has 3 atom stereocenters. The molecule has 1 aromatic carbocycles. The number of fused-ring (bicyclic) bond motifs is 1. The molecule has 6 heteroatoms. The summed E-state index contributed by atoms with van der Waals surface area (Å²) in [6.07, 6.45) is 5.40. The molecule has 0 spiro atoms. The minimum atomic E-state index is -0.0225. The zero-order chi connectivity index (χ0) is 18.8. The molecule has 1 saturated heterocycles. The highest BCUT2D eigenvalue weighted by Crippen LogP contribution is 2.29. The van der Waals surface area contributed by atoms with Crippen LogP contribution in [-0.2, 0) is 22.5 Å². The zero-order valence-corrected chi connectivity index (χ0v) is 16.1. The van der Waals surface area contributed by atoms with E-state index in [0.717, 1.165) is 31.8 Å². The molecule has 4 rings (SSSR count). The van der Waals surface area contributed by atoms with Crippen molar-refractivity contribution in [3.8, 4) is 0 Å². The van der Waals surface area contributed by atoms with Crippen LogP contribution in [0, 0.1) is 5.92 Å². The number of likely N-dealkylation sites (N-methyl/N-ethyl adjacent to an activating group) is 2. The Hall–Kier alpha value is -2.18. The first-order valence-electron chi connectivity index (χ1n) is 9.75. The van der Waals surface area contributed by atoms with Gasteiger partial charge < -0.3 is 14.2 Å². The highest BCUT2D eigenvalue weighted by Gasteiger charge is 2.35. The van der Waals surface area contributed by atoms with Gasteiger partial charge in [-0.05, 0) is 19.0 Å². The first-order chi connectivity index (χ1) is 13.1. The topological polar surface area (TPSA) is 50.6 Å². The van der Waals surface area contributed by atoms with Gasteiger partial charge in [0.15, 0.2) is 0 Å². The molecule has 0 aliphatic carbocycles. The minimum absolute atomic E-state index is 0.0152. The maximum Gasteiger partial charge on any atom is 0.226 e. The fourth-order valence-electron chi connectivity index (χ4n) is 4.37. The second-order valence-corrected chi connectivity index (χ2v) is 7.69. The van der Waals surface area contributed by atoms with Gasteiger partial charge in [0.05, 0.1) is 18.8 Å². The summed E-state index contributed by atoms with van der Waals surface area (Å²) >= 11 is 0. The van der Waals surface area contributed by atoms with Crippen LogP contribution in [0.4, 0.5) is 0 Å². The van der Waals surface area contributed by atoms with E-state index in [9.17, 15) is 4.79 Å². The Labute approximate surface area is 160 Å². The molecule has 0 saturated carbocycles. The molecule has 1 aromatic heterocycles. The van der Waals surface area contributed by atoms with Crippen molar-refractivity contribution in [3.63, 3.8) is 0 Å². The first-order valence-corrected chi connectivity index (χ1v) is 9.75. The summed E-state index contributed by atoms with van der Waals surface area (Å²) in [7, 11) is 4.04. The first kappa shape index (κ1) is 18.2. The maximum absolute atomic E-state index is 13.0. The summed E-state index contributed by atoms with van der Waals surface area (Å²) in [6.45, 7) is 3.08. The number of aromatic nitrogens is 2. The Morgan fingerprint density at radius 3 is 2.93 bits per heavy atom. The lowest BCUT2D eigenvalue weighted by molar-refractivity contribution is -0.139. The molecule has 0 N–H and O–H groups in total. The molecule has 1 amide bonds. The molecule has 2 aromatic rings. The molecular formula is C21H28N4O2. The summed E-state index contributed by atoms with van der Waals surface area (Å²) in [5, 5.41) is 0. The third-order valence-electron chi connectivity index (χ3n) is 5.87. The molecule has 0 radical (unpaired) electrons. The molecule has 1 unspecified atom stereocenters. The van der Waals surface area contributed by atoms with E-state index in [4.69, 9.17) is 4.74 Å². The van der Waals surface area contributed by atoms with Crippen molar-refractivity contribution in [2.24, 2.45) is 5.92 Å². The second-order valence-electron chi connectivity index (χ2n) is 7.69. The number of hydrogen-bond acceptors (Lipinski definition) is 4. The van der Waals surface area contributed by atoms with E-state index >= 15 is 0 Å². The van der Waals surface area contributed by atoms with Crippen LogP contribution in [0.15, 0.2) is 42.7 Å². The van der Waals surface area contributed by atoms with Crippen LogP contribution in [0.2, 0.25) is 0 Å². The molecule has 2 aliphatic rings. The van der Waals surface area contributed by atoms with Crippen LogP contribution < -0.4 is 0 Å². The second kappa shape index (κ2) is 7.82. The Balaban J connectivity index is 1.44. The third kappa shape index (κ3) is 3.77. The Bertz CT molecular complexity index is 775. The summed E-state index contributed by atoms with van der Waals surface area (Å²) < 4.78 is 8.26. The number of amides is 1. The van der Waals surface area contributed by atoms with Crippen LogP contribution >= 0.6 is 0 Å². The Morgan fingerprint density at radius 2 is 2.11 bits per heavy atom. The van der Waals surface area contributed by atoms with E-state index < -0.39 is 0 Å².